The summed E-state index contributed by atoms with van der Waals surface area (Å²) in [6.45, 7) is 0.479. The lowest BCUT2D eigenvalue weighted by Gasteiger charge is -2.17. The lowest BCUT2D eigenvalue weighted by molar-refractivity contribution is -0.118. The molecule has 2 aromatic heterocycles. The van der Waals surface area contributed by atoms with Gasteiger partial charge in [0, 0.05) is 23.3 Å². The van der Waals surface area contributed by atoms with Crippen LogP contribution in [0.25, 0.3) is 11.3 Å². The number of nitrogens with two attached hydrogens (primary N) is 1. The smallest absolute Gasteiger partial charge is 0.253 e. The number of benzene rings is 1. The van der Waals surface area contributed by atoms with Gasteiger partial charge >= 0.3 is 0 Å². The zero-order chi connectivity index (χ0) is 23.1. The zero-order valence-corrected chi connectivity index (χ0v) is 19.2. The van der Waals surface area contributed by atoms with Crippen molar-refractivity contribution in [3.63, 3.8) is 0 Å². The van der Waals surface area contributed by atoms with Crippen LogP contribution in [0.3, 0.4) is 0 Å². The van der Waals surface area contributed by atoms with Gasteiger partial charge in [-0.2, -0.15) is 0 Å². The largest absolute Gasteiger partial charge is 0.340 e. The predicted molar refractivity (Wildman–Crippen MR) is 125 cm³/mol. The molecular weight excluding hydrogens is 450 g/mol. The molecule has 0 radical (unpaired) electrons. The molecule has 11 heteroatoms. The van der Waals surface area contributed by atoms with Gasteiger partial charge in [0.05, 0.1) is 17.5 Å². The fraction of sp³-hybridized carbons (Fsp3) is 0.286. The van der Waals surface area contributed by atoms with Crippen LogP contribution in [0.1, 0.15) is 29.6 Å². The minimum Gasteiger partial charge on any atom is -0.340 e. The zero-order valence-electron chi connectivity index (χ0n) is 17.5. The van der Waals surface area contributed by atoms with Gasteiger partial charge in [-0.05, 0) is 31.9 Å². The van der Waals surface area contributed by atoms with E-state index in [0.29, 0.717) is 30.9 Å². The molecule has 0 saturated heterocycles. The molecule has 1 unspecified atom stereocenters. The molecule has 2 heterocycles. The van der Waals surface area contributed by atoms with Crippen LogP contribution < -0.4 is 16.4 Å². The van der Waals surface area contributed by atoms with Crippen molar-refractivity contribution in [1.82, 2.24) is 14.3 Å². The van der Waals surface area contributed by atoms with Crippen molar-refractivity contribution in [2.24, 2.45) is 5.73 Å². The fourth-order valence-corrected chi connectivity index (χ4v) is 4.30. The quantitative estimate of drug-likeness (QED) is 0.385. The van der Waals surface area contributed by atoms with Crippen LogP contribution >= 0.6 is 11.3 Å². The number of carbonyl (C=O) groups excluding carboxylic acids is 2. The van der Waals surface area contributed by atoms with Crippen molar-refractivity contribution < 1.29 is 18.0 Å². The second kappa shape index (κ2) is 10.5. The number of amides is 2. The van der Waals surface area contributed by atoms with E-state index in [4.69, 9.17) is 5.73 Å². The Morgan fingerprint density at radius 1 is 1.19 bits per heavy atom. The SMILES string of the molecule is CS(=O)(=O)n1ccc(C(=O)NC(CCCCN)C(=O)Nc2nc(-c3ccccc3)cs2)c1. The van der Waals surface area contributed by atoms with Crippen LogP contribution in [0.4, 0.5) is 5.13 Å². The van der Waals surface area contributed by atoms with Crippen LogP contribution in [-0.4, -0.2) is 48.0 Å². The van der Waals surface area contributed by atoms with Gasteiger partial charge in [-0.1, -0.05) is 30.3 Å². The summed E-state index contributed by atoms with van der Waals surface area (Å²) in [5.41, 5.74) is 7.38. The molecule has 0 aliphatic carbocycles. The van der Waals surface area contributed by atoms with Gasteiger partial charge in [0.15, 0.2) is 5.13 Å². The van der Waals surface area contributed by atoms with Crippen LogP contribution in [0.2, 0.25) is 0 Å². The molecule has 1 aromatic carbocycles. The molecule has 170 valence electrons. The van der Waals surface area contributed by atoms with E-state index in [1.807, 2.05) is 35.7 Å². The molecule has 32 heavy (non-hydrogen) atoms. The van der Waals surface area contributed by atoms with Gasteiger partial charge in [-0.15, -0.1) is 11.3 Å². The highest BCUT2D eigenvalue weighted by molar-refractivity contribution is 7.89. The standard InChI is InChI=1S/C21H25N5O4S2/c1-32(29,30)26-12-10-16(13-26)19(27)23-17(9-5-6-11-22)20(28)25-21-24-18(14-31-21)15-7-3-2-4-8-15/h2-4,7-8,10,12-14,17H,5-6,9,11,22H2,1H3,(H,23,27)(H,24,25,28). The summed E-state index contributed by atoms with van der Waals surface area (Å²) in [6, 6.07) is 10.2. The Kier molecular flexibility index (Phi) is 7.78. The first-order valence-corrected chi connectivity index (χ1v) is 12.7. The maximum Gasteiger partial charge on any atom is 0.253 e. The highest BCUT2D eigenvalue weighted by Crippen LogP contribution is 2.24. The number of aromatic nitrogens is 2. The van der Waals surface area contributed by atoms with Gasteiger partial charge in [0.25, 0.3) is 5.91 Å². The Morgan fingerprint density at radius 3 is 2.59 bits per heavy atom. The Morgan fingerprint density at radius 2 is 1.94 bits per heavy atom. The molecule has 0 fully saturated rings. The van der Waals surface area contributed by atoms with E-state index in [1.165, 1.54) is 29.8 Å². The number of nitrogens with one attached hydrogen (secondary N) is 2. The number of nitrogens with zero attached hydrogens (tertiary/aromatic N) is 2. The number of carbonyl (C=O) groups is 2. The van der Waals surface area contributed by atoms with Crippen molar-refractivity contribution in [1.29, 1.82) is 0 Å². The van der Waals surface area contributed by atoms with Gasteiger partial charge < -0.3 is 16.4 Å². The van der Waals surface area contributed by atoms with Crippen LogP contribution in [0, 0.1) is 0 Å². The maximum absolute atomic E-state index is 12.9. The molecule has 1 atom stereocenters. The Labute approximate surface area is 190 Å². The molecule has 0 saturated carbocycles. The summed E-state index contributed by atoms with van der Waals surface area (Å²) in [5, 5.41) is 7.73. The molecule has 9 nitrogen and oxygen atoms in total. The van der Waals surface area contributed by atoms with Crippen LogP contribution in [0.15, 0.2) is 54.2 Å². The molecule has 0 bridgehead atoms. The molecule has 2 amide bonds. The Balaban J connectivity index is 1.70. The van der Waals surface area contributed by atoms with Gasteiger partial charge in [0.2, 0.25) is 15.9 Å². The molecule has 4 N–H and O–H groups in total. The second-order valence-electron chi connectivity index (χ2n) is 7.20. The number of anilines is 1. The topological polar surface area (TPSA) is 136 Å². The van der Waals surface area contributed by atoms with E-state index in [0.717, 1.165) is 21.5 Å². The number of hydrogen-bond acceptors (Lipinski definition) is 7. The molecular formula is C21H25N5O4S2. The lowest BCUT2D eigenvalue weighted by Crippen LogP contribution is -2.43. The summed E-state index contributed by atoms with van der Waals surface area (Å²) >= 11 is 1.29. The molecule has 0 aliphatic rings. The van der Waals surface area contributed by atoms with Crippen LogP contribution in [0.5, 0.6) is 0 Å². The van der Waals surface area contributed by atoms with Crippen molar-refractivity contribution in [3.05, 3.63) is 59.7 Å². The fourth-order valence-electron chi connectivity index (χ4n) is 2.99. The van der Waals surface area contributed by atoms with E-state index in [9.17, 15) is 18.0 Å². The normalized spacial score (nSPS) is 12.3. The monoisotopic (exact) mass is 475 g/mol. The van der Waals surface area contributed by atoms with Gasteiger partial charge in [-0.3, -0.25) is 13.6 Å². The van der Waals surface area contributed by atoms with E-state index < -0.39 is 27.9 Å². The third kappa shape index (κ3) is 6.25. The van der Waals surface area contributed by atoms with Gasteiger partial charge in [-0.25, -0.2) is 13.4 Å². The Hall–Kier alpha value is -3.02. The van der Waals surface area contributed by atoms with E-state index in [2.05, 4.69) is 15.6 Å². The average molecular weight is 476 g/mol. The first-order valence-electron chi connectivity index (χ1n) is 9.99. The second-order valence-corrected chi connectivity index (χ2v) is 9.94. The first-order chi connectivity index (χ1) is 15.3. The maximum atomic E-state index is 12.9. The van der Waals surface area contributed by atoms with Crippen molar-refractivity contribution in [2.75, 3.05) is 18.1 Å². The minimum atomic E-state index is -3.50. The summed E-state index contributed by atoms with van der Waals surface area (Å²) < 4.78 is 24.2. The van der Waals surface area contributed by atoms with E-state index >= 15 is 0 Å². The Bertz CT molecular complexity index is 1170. The molecule has 3 rings (SSSR count). The van der Waals surface area contributed by atoms with Crippen molar-refractivity contribution in [2.45, 2.75) is 25.3 Å². The predicted octanol–water partition coefficient (Wildman–Crippen LogP) is 2.29. The summed E-state index contributed by atoms with van der Waals surface area (Å²) in [7, 11) is -3.50. The summed E-state index contributed by atoms with van der Waals surface area (Å²) in [5.74, 6) is -0.934. The number of rotatable bonds is 10. The average Bonchev–Trinajstić information content (AvgIpc) is 3.43. The first kappa shape index (κ1) is 23.6. The van der Waals surface area contributed by atoms with Gasteiger partial charge in [0.1, 0.15) is 6.04 Å². The lowest BCUT2D eigenvalue weighted by atomic mass is 10.1. The highest BCUT2D eigenvalue weighted by Gasteiger charge is 2.23. The minimum absolute atomic E-state index is 0.146. The van der Waals surface area contributed by atoms with E-state index in [1.54, 1.807) is 0 Å². The number of unbranched alkanes of at least 4 members (excludes halogenated alkanes) is 1. The van der Waals surface area contributed by atoms with Crippen molar-refractivity contribution in [3.8, 4) is 11.3 Å². The van der Waals surface area contributed by atoms with Crippen LogP contribution in [-0.2, 0) is 14.8 Å². The number of hydrogen-bond donors (Lipinski definition) is 3. The third-order valence-electron chi connectivity index (χ3n) is 4.69. The molecule has 0 aliphatic heterocycles. The number of thiazole rings is 1. The molecule has 3 aromatic rings. The summed E-state index contributed by atoms with van der Waals surface area (Å²) in [4.78, 5) is 30.0. The van der Waals surface area contributed by atoms with E-state index in [-0.39, 0.29) is 5.56 Å². The highest BCUT2D eigenvalue weighted by atomic mass is 32.2. The molecule has 0 spiro atoms. The van der Waals surface area contributed by atoms with Crippen molar-refractivity contribution >= 4 is 38.3 Å². The summed E-state index contributed by atoms with van der Waals surface area (Å²) in [6.07, 6.45) is 5.28. The third-order valence-corrected chi connectivity index (χ3v) is 6.44.